The lowest BCUT2D eigenvalue weighted by atomic mass is 9.65. The molecule has 4 unspecified atom stereocenters. The summed E-state index contributed by atoms with van der Waals surface area (Å²) in [5, 5.41) is 0. The largest absolute Gasteiger partial charge is 0.462 e. The molecule has 0 aromatic carbocycles. The predicted octanol–water partition coefficient (Wildman–Crippen LogP) is 3.40. The van der Waals surface area contributed by atoms with E-state index in [1.165, 1.54) is 26.2 Å². The van der Waals surface area contributed by atoms with Gasteiger partial charge in [-0.25, -0.2) is 0 Å². The Morgan fingerprint density at radius 1 is 1.40 bits per heavy atom. The van der Waals surface area contributed by atoms with E-state index in [9.17, 15) is 4.79 Å². The van der Waals surface area contributed by atoms with Crippen LogP contribution in [0.5, 0.6) is 0 Å². The molecule has 0 saturated heterocycles. The van der Waals surface area contributed by atoms with Crippen LogP contribution in [0.25, 0.3) is 0 Å². The summed E-state index contributed by atoms with van der Waals surface area (Å²) in [5.41, 5.74) is 0.178. The van der Waals surface area contributed by atoms with Crippen LogP contribution in [0, 0.1) is 17.3 Å². The number of esters is 1. The van der Waals surface area contributed by atoms with Crippen LogP contribution in [0.4, 0.5) is 0 Å². The lowest BCUT2D eigenvalue weighted by Gasteiger charge is -2.43. The Bertz CT molecular complexity index is 237. The molecule has 1 aliphatic rings. The molecular formula is C13H24O2. The second kappa shape index (κ2) is 4.54. The Morgan fingerprint density at radius 3 is 2.47 bits per heavy atom. The zero-order valence-corrected chi connectivity index (χ0v) is 10.7. The zero-order chi connectivity index (χ0) is 11.6. The Labute approximate surface area is 93.4 Å². The molecule has 0 N–H and O–H groups in total. The maximum atomic E-state index is 11.0. The van der Waals surface area contributed by atoms with Gasteiger partial charge in [-0.3, -0.25) is 4.79 Å². The highest BCUT2D eigenvalue weighted by molar-refractivity contribution is 5.66. The van der Waals surface area contributed by atoms with E-state index in [-0.39, 0.29) is 17.5 Å². The molecule has 0 aromatic heterocycles. The Morgan fingerprint density at radius 2 is 2.00 bits per heavy atom. The summed E-state index contributed by atoms with van der Waals surface area (Å²) in [6, 6.07) is 0. The zero-order valence-electron chi connectivity index (χ0n) is 10.7. The fourth-order valence-electron chi connectivity index (χ4n) is 2.64. The minimum Gasteiger partial charge on any atom is -0.462 e. The predicted molar refractivity (Wildman–Crippen MR) is 61.5 cm³/mol. The smallest absolute Gasteiger partial charge is 0.302 e. The molecule has 2 nitrogen and oxygen atoms in total. The number of ether oxygens (including phenoxy) is 1. The molecule has 1 rings (SSSR count). The standard InChI is InChI=1S/C13H24O2/c1-9-6-7-13(5,8-10(9)2)11(3)15-12(4)14/h9-11H,6-8H2,1-5H3. The minimum atomic E-state index is -0.157. The maximum absolute atomic E-state index is 11.0. The van der Waals surface area contributed by atoms with Gasteiger partial charge in [-0.05, 0) is 38.0 Å². The highest BCUT2D eigenvalue weighted by Gasteiger charge is 2.39. The van der Waals surface area contributed by atoms with E-state index in [1.54, 1.807) is 0 Å². The first-order valence-electron chi connectivity index (χ1n) is 6.02. The quantitative estimate of drug-likeness (QED) is 0.656. The first-order valence-corrected chi connectivity index (χ1v) is 6.02. The van der Waals surface area contributed by atoms with Gasteiger partial charge in [0.1, 0.15) is 6.10 Å². The topological polar surface area (TPSA) is 26.3 Å². The van der Waals surface area contributed by atoms with Crippen molar-refractivity contribution in [2.75, 3.05) is 0 Å². The van der Waals surface area contributed by atoms with Gasteiger partial charge >= 0.3 is 5.97 Å². The number of carbonyl (C=O) groups is 1. The molecule has 88 valence electrons. The lowest BCUT2D eigenvalue weighted by molar-refractivity contribution is -0.154. The summed E-state index contributed by atoms with van der Waals surface area (Å²) >= 11 is 0. The van der Waals surface area contributed by atoms with Gasteiger partial charge in [0.25, 0.3) is 0 Å². The molecule has 1 fully saturated rings. The maximum Gasteiger partial charge on any atom is 0.302 e. The van der Waals surface area contributed by atoms with Crippen LogP contribution in [-0.4, -0.2) is 12.1 Å². The third-order valence-corrected chi connectivity index (χ3v) is 4.25. The number of carbonyl (C=O) groups excluding carboxylic acids is 1. The number of hydrogen-bond donors (Lipinski definition) is 0. The molecule has 0 aromatic rings. The van der Waals surface area contributed by atoms with Crippen LogP contribution < -0.4 is 0 Å². The first kappa shape index (κ1) is 12.5. The Kier molecular flexibility index (Phi) is 3.80. The number of rotatable bonds is 2. The van der Waals surface area contributed by atoms with Crippen molar-refractivity contribution in [1.82, 2.24) is 0 Å². The van der Waals surface area contributed by atoms with Gasteiger partial charge in [-0.15, -0.1) is 0 Å². The van der Waals surface area contributed by atoms with Crippen molar-refractivity contribution in [3.05, 3.63) is 0 Å². The van der Waals surface area contributed by atoms with E-state index >= 15 is 0 Å². The molecule has 0 radical (unpaired) electrons. The van der Waals surface area contributed by atoms with Gasteiger partial charge in [0.05, 0.1) is 0 Å². The summed E-state index contributed by atoms with van der Waals surface area (Å²) in [7, 11) is 0. The molecule has 1 saturated carbocycles. The van der Waals surface area contributed by atoms with Crippen LogP contribution in [0.2, 0.25) is 0 Å². The van der Waals surface area contributed by atoms with Gasteiger partial charge < -0.3 is 4.74 Å². The summed E-state index contributed by atoms with van der Waals surface area (Å²) in [6.07, 6.45) is 3.64. The molecule has 0 spiro atoms. The molecule has 0 bridgehead atoms. The van der Waals surface area contributed by atoms with Crippen LogP contribution in [0.3, 0.4) is 0 Å². The van der Waals surface area contributed by atoms with Gasteiger partial charge in [0.2, 0.25) is 0 Å². The second-order valence-electron chi connectivity index (χ2n) is 5.60. The molecule has 1 aliphatic carbocycles. The van der Waals surface area contributed by atoms with Crippen LogP contribution in [0.15, 0.2) is 0 Å². The summed E-state index contributed by atoms with van der Waals surface area (Å²) < 4.78 is 5.34. The van der Waals surface area contributed by atoms with Crippen molar-refractivity contribution >= 4 is 5.97 Å². The Hall–Kier alpha value is -0.530. The van der Waals surface area contributed by atoms with E-state index in [1.807, 2.05) is 6.92 Å². The van der Waals surface area contributed by atoms with Crippen molar-refractivity contribution in [1.29, 1.82) is 0 Å². The highest BCUT2D eigenvalue weighted by atomic mass is 16.5. The second-order valence-corrected chi connectivity index (χ2v) is 5.60. The third-order valence-electron chi connectivity index (χ3n) is 4.25. The Balaban J connectivity index is 2.62. The van der Waals surface area contributed by atoms with E-state index in [2.05, 4.69) is 20.8 Å². The van der Waals surface area contributed by atoms with Crippen molar-refractivity contribution in [2.24, 2.45) is 17.3 Å². The third kappa shape index (κ3) is 2.96. The van der Waals surface area contributed by atoms with E-state index in [0.717, 1.165) is 11.8 Å². The molecular weight excluding hydrogens is 188 g/mol. The van der Waals surface area contributed by atoms with Crippen molar-refractivity contribution < 1.29 is 9.53 Å². The number of hydrogen-bond acceptors (Lipinski definition) is 2. The summed E-state index contributed by atoms with van der Waals surface area (Å²) in [4.78, 5) is 11.0. The van der Waals surface area contributed by atoms with Gasteiger partial charge in [0, 0.05) is 12.3 Å². The highest BCUT2D eigenvalue weighted by Crippen LogP contribution is 2.44. The molecule has 0 heterocycles. The average molecular weight is 212 g/mol. The molecule has 4 atom stereocenters. The monoisotopic (exact) mass is 212 g/mol. The van der Waals surface area contributed by atoms with Crippen LogP contribution in [-0.2, 0) is 9.53 Å². The van der Waals surface area contributed by atoms with Crippen molar-refractivity contribution in [3.8, 4) is 0 Å². The lowest BCUT2D eigenvalue weighted by Crippen LogP contribution is -2.39. The fourth-order valence-corrected chi connectivity index (χ4v) is 2.64. The van der Waals surface area contributed by atoms with Crippen molar-refractivity contribution in [2.45, 2.75) is 60.0 Å². The molecule has 0 aliphatic heterocycles. The van der Waals surface area contributed by atoms with Crippen LogP contribution in [0.1, 0.15) is 53.9 Å². The van der Waals surface area contributed by atoms with E-state index in [4.69, 9.17) is 4.74 Å². The molecule has 15 heavy (non-hydrogen) atoms. The van der Waals surface area contributed by atoms with Gasteiger partial charge in [-0.1, -0.05) is 20.8 Å². The van der Waals surface area contributed by atoms with E-state index < -0.39 is 0 Å². The molecule has 2 heteroatoms. The van der Waals surface area contributed by atoms with Crippen LogP contribution >= 0.6 is 0 Å². The average Bonchev–Trinajstić information content (AvgIpc) is 2.11. The minimum absolute atomic E-state index is 0.0462. The summed E-state index contributed by atoms with van der Waals surface area (Å²) in [5.74, 6) is 1.39. The van der Waals surface area contributed by atoms with Crippen molar-refractivity contribution in [3.63, 3.8) is 0 Å². The SMILES string of the molecule is CC(=O)OC(C)C1(C)CCC(C)C(C)C1. The summed E-state index contributed by atoms with van der Waals surface area (Å²) in [6.45, 7) is 10.4. The van der Waals surface area contributed by atoms with Gasteiger partial charge in [-0.2, -0.15) is 0 Å². The fraction of sp³-hybridized carbons (Fsp3) is 0.923. The molecule has 0 amide bonds. The first-order chi connectivity index (χ1) is 6.85. The van der Waals surface area contributed by atoms with Gasteiger partial charge in [0.15, 0.2) is 0 Å². The van der Waals surface area contributed by atoms with E-state index in [0.29, 0.717) is 0 Å². The normalized spacial score (nSPS) is 38.5.